The number of unbranched alkanes of at least 4 members (excludes halogenated alkanes) is 1. The van der Waals surface area contributed by atoms with Gasteiger partial charge in [0.1, 0.15) is 5.75 Å². The van der Waals surface area contributed by atoms with E-state index in [0.717, 1.165) is 22.9 Å². The van der Waals surface area contributed by atoms with Gasteiger partial charge in [0.2, 0.25) is 0 Å². The summed E-state index contributed by atoms with van der Waals surface area (Å²) in [6.45, 7) is 5.27. The van der Waals surface area contributed by atoms with Gasteiger partial charge in [-0.3, -0.25) is 0 Å². The largest absolute Gasteiger partial charge is 0.507 e. The van der Waals surface area contributed by atoms with Gasteiger partial charge in [0.25, 0.3) is 0 Å². The van der Waals surface area contributed by atoms with E-state index in [1.165, 1.54) is 12.8 Å². The molecule has 2 nitrogen and oxygen atoms in total. The Hall–Kier alpha value is -1.54. The highest BCUT2D eigenvalue weighted by molar-refractivity contribution is 5.89. The fraction of sp³-hybridized carbons (Fsp3) is 0.375. The van der Waals surface area contributed by atoms with Crippen LogP contribution in [0.15, 0.2) is 36.4 Å². The lowest BCUT2D eigenvalue weighted by Crippen LogP contribution is -2.19. The highest BCUT2D eigenvalue weighted by Gasteiger charge is 2.11. The van der Waals surface area contributed by atoms with Crippen LogP contribution in [0.2, 0.25) is 0 Å². The molecule has 96 valence electrons. The van der Waals surface area contributed by atoms with Crippen molar-refractivity contribution in [3.8, 4) is 5.75 Å². The predicted molar refractivity (Wildman–Crippen MR) is 76.9 cm³/mol. The quantitative estimate of drug-likeness (QED) is 0.778. The van der Waals surface area contributed by atoms with Crippen LogP contribution in [0.25, 0.3) is 10.8 Å². The number of phenols is 1. The van der Waals surface area contributed by atoms with E-state index in [0.29, 0.717) is 5.75 Å². The third kappa shape index (κ3) is 2.65. The summed E-state index contributed by atoms with van der Waals surface area (Å²) in [6.07, 6.45) is 2.35. The Morgan fingerprint density at radius 3 is 2.72 bits per heavy atom. The molecule has 0 aromatic heterocycles. The van der Waals surface area contributed by atoms with Gasteiger partial charge in [-0.15, -0.1) is 0 Å². The van der Waals surface area contributed by atoms with E-state index < -0.39 is 0 Å². The second-order valence-corrected chi connectivity index (χ2v) is 4.75. The average molecular weight is 243 g/mol. The third-order valence-corrected chi connectivity index (χ3v) is 3.38. The van der Waals surface area contributed by atoms with Crippen molar-refractivity contribution in [2.24, 2.45) is 0 Å². The Balaban J connectivity index is 2.25. The minimum Gasteiger partial charge on any atom is -0.507 e. The molecule has 2 aromatic carbocycles. The van der Waals surface area contributed by atoms with Crippen molar-refractivity contribution in [3.05, 3.63) is 42.0 Å². The summed E-state index contributed by atoms with van der Waals surface area (Å²) in [6, 6.07) is 12.2. The topological polar surface area (TPSA) is 32.3 Å². The first-order valence-corrected chi connectivity index (χ1v) is 6.68. The number of rotatable bonds is 5. The maximum absolute atomic E-state index is 10.3. The number of phenolic OH excluding ortho intramolecular Hbond substituents is 1. The number of hydrogen-bond donors (Lipinski definition) is 2. The minimum atomic E-state index is 0.182. The molecule has 18 heavy (non-hydrogen) atoms. The number of aromatic hydroxyl groups is 1. The molecular formula is C16H21NO. The highest BCUT2D eigenvalue weighted by Crippen LogP contribution is 2.32. The van der Waals surface area contributed by atoms with Crippen LogP contribution in [-0.2, 0) is 0 Å². The third-order valence-electron chi connectivity index (χ3n) is 3.38. The molecular weight excluding hydrogens is 222 g/mol. The molecule has 0 radical (unpaired) electrons. The summed E-state index contributed by atoms with van der Waals surface area (Å²) in [5.41, 5.74) is 0.977. The van der Waals surface area contributed by atoms with Gasteiger partial charge in [0.15, 0.2) is 0 Å². The summed E-state index contributed by atoms with van der Waals surface area (Å²) in [7, 11) is 0. The van der Waals surface area contributed by atoms with Crippen LogP contribution in [0.3, 0.4) is 0 Å². The van der Waals surface area contributed by atoms with Gasteiger partial charge in [-0.2, -0.15) is 0 Å². The standard InChI is InChI=1S/C16H21NO/c1-3-4-11-17-12(2)14-10-9-13-7-5-6-8-15(13)16(14)18/h5-10,12,17-18H,3-4,11H2,1-2H3. The molecule has 1 unspecified atom stereocenters. The summed E-state index contributed by atoms with van der Waals surface area (Å²) < 4.78 is 0. The monoisotopic (exact) mass is 243 g/mol. The Labute approximate surface area is 109 Å². The summed E-state index contributed by atoms with van der Waals surface area (Å²) >= 11 is 0. The molecule has 0 saturated heterocycles. The van der Waals surface area contributed by atoms with Crippen molar-refractivity contribution in [1.82, 2.24) is 5.32 Å². The molecule has 0 aliphatic rings. The molecule has 0 saturated carbocycles. The molecule has 2 rings (SSSR count). The Morgan fingerprint density at radius 2 is 1.94 bits per heavy atom. The van der Waals surface area contributed by atoms with E-state index in [2.05, 4.69) is 25.2 Å². The lowest BCUT2D eigenvalue weighted by Gasteiger charge is -2.16. The van der Waals surface area contributed by atoms with Crippen LogP contribution in [0, 0.1) is 0 Å². The van der Waals surface area contributed by atoms with Gasteiger partial charge in [-0.1, -0.05) is 49.7 Å². The van der Waals surface area contributed by atoms with Crippen molar-refractivity contribution < 1.29 is 5.11 Å². The second-order valence-electron chi connectivity index (χ2n) is 4.75. The zero-order valence-corrected chi connectivity index (χ0v) is 11.1. The molecule has 2 N–H and O–H groups in total. The SMILES string of the molecule is CCCCNC(C)c1ccc2ccccc2c1O. The molecule has 0 aliphatic heterocycles. The summed E-state index contributed by atoms with van der Waals surface area (Å²) in [4.78, 5) is 0. The number of benzene rings is 2. The number of nitrogens with one attached hydrogen (secondary N) is 1. The molecule has 0 aliphatic carbocycles. The molecule has 2 aromatic rings. The highest BCUT2D eigenvalue weighted by atomic mass is 16.3. The van der Waals surface area contributed by atoms with Crippen molar-refractivity contribution in [2.75, 3.05) is 6.54 Å². The van der Waals surface area contributed by atoms with Crippen LogP contribution in [0.4, 0.5) is 0 Å². The first-order chi connectivity index (χ1) is 8.74. The van der Waals surface area contributed by atoms with Crippen molar-refractivity contribution >= 4 is 10.8 Å². The van der Waals surface area contributed by atoms with Crippen LogP contribution in [-0.4, -0.2) is 11.7 Å². The molecule has 0 bridgehead atoms. The Bertz CT molecular complexity index is 521. The summed E-state index contributed by atoms with van der Waals surface area (Å²) in [5, 5.41) is 15.8. The van der Waals surface area contributed by atoms with Crippen LogP contribution < -0.4 is 5.32 Å². The fourth-order valence-corrected chi connectivity index (χ4v) is 2.23. The zero-order valence-electron chi connectivity index (χ0n) is 11.1. The average Bonchev–Trinajstić information content (AvgIpc) is 2.39. The van der Waals surface area contributed by atoms with Gasteiger partial charge in [-0.25, -0.2) is 0 Å². The molecule has 0 fully saturated rings. The van der Waals surface area contributed by atoms with Crippen LogP contribution >= 0.6 is 0 Å². The first kappa shape index (κ1) is 12.9. The number of hydrogen-bond acceptors (Lipinski definition) is 2. The second kappa shape index (κ2) is 5.87. The van der Waals surface area contributed by atoms with Gasteiger partial charge >= 0.3 is 0 Å². The zero-order chi connectivity index (χ0) is 13.0. The summed E-state index contributed by atoms with van der Waals surface area (Å²) in [5.74, 6) is 0.407. The van der Waals surface area contributed by atoms with E-state index in [9.17, 15) is 5.11 Å². The lowest BCUT2D eigenvalue weighted by atomic mass is 10.0. The molecule has 0 spiro atoms. The van der Waals surface area contributed by atoms with Crippen LogP contribution in [0.5, 0.6) is 5.75 Å². The molecule has 2 heteroatoms. The Kier molecular flexibility index (Phi) is 4.21. The van der Waals surface area contributed by atoms with E-state index in [4.69, 9.17) is 0 Å². The Morgan fingerprint density at radius 1 is 1.17 bits per heavy atom. The normalized spacial score (nSPS) is 12.8. The maximum atomic E-state index is 10.3. The van der Waals surface area contributed by atoms with Crippen molar-refractivity contribution in [2.45, 2.75) is 32.7 Å². The van der Waals surface area contributed by atoms with Crippen LogP contribution in [0.1, 0.15) is 38.3 Å². The van der Waals surface area contributed by atoms with E-state index in [1.807, 2.05) is 30.3 Å². The smallest absolute Gasteiger partial charge is 0.128 e. The van der Waals surface area contributed by atoms with E-state index >= 15 is 0 Å². The molecule has 0 amide bonds. The lowest BCUT2D eigenvalue weighted by molar-refractivity contribution is 0.457. The van der Waals surface area contributed by atoms with E-state index in [1.54, 1.807) is 0 Å². The fourth-order valence-electron chi connectivity index (χ4n) is 2.23. The van der Waals surface area contributed by atoms with Gasteiger partial charge in [-0.05, 0) is 25.3 Å². The predicted octanol–water partition coefficient (Wildman–Crippen LogP) is 4.00. The molecule has 1 atom stereocenters. The first-order valence-electron chi connectivity index (χ1n) is 6.68. The maximum Gasteiger partial charge on any atom is 0.128 e. The van der Waals surface area contributed by atoms with Crippen molar-refractivity contribution in [1.29, 1.82) is 0 Å². The van der Waals surface area contributed by atoms with E-state index in [-0.39, 0.29) is 6.04 Å². The van der Waals surface area contributed by atoms with Gasteiger partial charge < -0.3 is 10.4 Å². The molecule has 0 heterocycles. The van der Waals surface area contributed by atoms with Gasteiger partial charge in [0.05, 0.1) is 0 Å². The van der Waals surface area contributed by atoms with Crippen molar-refractivity contribution in [3.63, 3.8) is 0 Å². The van der Waals surface area contributed by atoms with Gasteiger partial charge in [0, 0.05) is 17.0 Å². The minimum absolute atomic E-state index is 0.182. The number of fused-ring (bicyclic) bond motifs is 1.